The smallest absolute Gasteiger partial charge is 0.252 e. The highest BCUT2D eigenvalue weighted by atomic mass is 35.5. The molecule has 1 aliphatic carbocycles. The number of carbonyl (C=O) groups is 1. The Kier molecular flexibility index (Phi) is 16.3. The number of aliphatic hydroxyl groups excluding tert-OH is 1. The maximum absolute atomic E-state index is 12.5. The molecule has 2 aromatic heterocycles. The number of likely N-dealkylation sites (tertiary alicyclic amines) is 1. The SMILES string of the molecule is CC(C)(C)C(=O)C(Oc1ccc(Cl)cc1)n1cncn1.NC(CO)Cc1cnc[nH]1.OC(CCN1CCCCC1)(c1ccccc1)C1CCCCC1. The van der Waals surface area contributed by atoms with Gasteiger partial charge in [-0.1, -0.05) is 88.4 Å². The fourth-order valence-electron chi connectivity index (χ4n) is 6.72. The Morgan fingerprint density at radius 2 is 1.67 bits per heavy atom. The number of imidazole rings is 1. The van der Waals surface area contributed by atoms with Crippen LogP contribution in [-0.2, 0) is 16.8 Å². The summed E-state index contributed by atoms with van der Waals surface area (Å²) in [6.45, 7) is 9.01. The van der Waals surface area contributed by atoms with Crippen LogP contribution in [0.4, 0.5) is 0 Å². The van der Waals surface area contributed by atoms with Crippen LogP contribution in [0.3, 0.4) is 0 Å². The second-order valence-corrected chi connectivity index (χ2v) is 15.4. The van der Waals surface area contributed by atoms with Gasteiger partial charge in [0.05, 0.1) is 18.5 Å². The number of ketones is 1. The summed E-state index contributed by atoms with van der Waals surface area (Å²) in [5.41, 5.74) is 6.39. The van der Waals surface area contributed by atoms with Crippen molar-refractivity contribution in [3.8, 4) is 5.75 Å². The van der Waals surface area contributed by atoms with Crippen LogP contribution in [0.2, 0.25) is 5.02 Å². The molecule has 3 atom stereocenters. The van der Waals surface area contributed by atoms with Crippen molar-refractivity contribution < 1.29 is 19.7 Å². The molecule has 2 aromatic carbocycles. The number of rotatable bonds is 12. The largest absolute Gasteiger partial charge is 0.461 e. The number of hydrogen-bond donors (Lipinski definition) is 4. The second kappa shape index (κ2) is 20.6. The Bertz CT molecular complexity index is 1540. The van der Waals surface area contributed by atoms with Gasteiger partial charge in [0, 0.05) is 41.3 Å². The van der Waals surface area contributed by atoms with Crippen LogP contribution < -0.4 is 10.5 Å². The van der Waals surface area contributed by atoms with Gasteiger partial charge in [-0.25, -0.2) is 14.6 Å². The van der Waals surface area contributed by atoms with E-state index >= 15 is 0 Å². The summed E-state index contributed by atoms with van der Waals surface area (Å²) in [5.74, 6) is 0.902. The van der Waals surface area contributed by atoms with Crippen molar-refractivity contribution in [2.45, 2.75) is 103 Å². The van der Waals surface area contributed by atoms with Crippen LogP contribution in [0.25, 0.3) is 0 Å². The van der Waals surface area contributed by atoms with Gasteiger partial charge in [-0.3, -0.25) is 4.79 Å². The lowest BCUT2D eigenvalue weighted by Crippen LogP contribution is -2.41. The monoisotopic (exact) mass is 735 g/mol. The number of aromatic nitrogens is 5. The quantitative estimate of drug-likeness (QED) is 0.124. The molecule has 0 radical (unpaired) electrons. The number of nitrogens with zero attached hydrogens (tertiary/aromatic N) is 5. The Balaban J connectivity index is 0.000000186. The number of H-pyrrole nitrogens is 1. The zero-order valence-electron chi connectivity index (χ0n) is 31.0. The van der Waals surface area contributed by atoms with E-state index in [1.54, 1.807) is 36.8 Å². The Labute approximate surface area is 314 Å². The molecule has 0 spiro atoms. The molecule has 52 heavy (non-hydrogen) atoms. The van der Waals surface area contributed by atoms with Crippen molar-refractivity contribution >= 4 is 17.4 Å². The van der Waals surface area contributed by atoms with E-state index in [4.69, 9.17) is 27.2 Å². The molecular weight excluding hydrogens is 678 g/mol. The van der Waals surface area contributed by atoms with E-state index < -0.39 is 17.2 Å². The van der Waals surface area contributed by atoms with Crippen molar-refractivity contribution in [2.24, 2.45) is 17.1 Å². The predicted octanol–water partition coefficient (Wildman–Crippen LogP) is 6.73. The van der Waals surface area contributed by atoms with Gasteiger partial charge in [0.25, 0.3) is 6.23 Å². The molecule has 1 saturated heterocycles. The number of ether oxygens (including phenoxy) is 1. The minimum Gasteiger partial charge on any atom is -0.461 e. The van der Waals surface area contributed by atoms with E-state index in [9.17, 15) is 9.90 Å². The first-order chi connectivity index (χ1) is 25.0. The van der Waals surface area contributed by atoms with Crippen molar-refractivity contribution in [1.82, 2.24) is 29.6 Å². The number of aliphatic hydroxyl groups is 2. The first kappa shape index (κ1) is 41.2. The van der Waals surface area contributed by atoms with Crippen LogP contribution in [0.1, 0.15) is 96.0 Å². The maximum Gasteiger partial charge on any atom is 0.252 e. The molecule has 2 fully saturated rings. The molecule has 2 aliphatic rings. The lowest BCUT2D eigenvalue weighted by Gasteiger charge is -2.40. The topological polar surface area (TPSA) is 155 Å². The minimum absolute atomic E-state index is 0.0129. The molecule has 284 valence electrons. The standard InChI is InChI=1S/C20H31NO.C14H16ClN3O2.C6H11N3O/c22-20(18-10-4-1-5-11-18,19-12-6-2-7-13-19)14-17-21-15-8-3-9-16-21;1-14(2,3)12(19)13(18-9-16-8-17-18)20-11-6-4-10(15)5-7-11;7-5(3-10)1-6-2-8-4-9-6/h1,4-5,10-11,19,22H,2-3,6-9,12-17H2;4-9,13H,1-3H3;2,4-5,10H,1,3,7H2,(H,8,9). The van der Waals surface area contributed by atoms with Crippen LogP contribution in [-0.4, -0.2) is 77.9 Å². The molecule has 11 nitrogen and oxygen atoms in total. The minimum atomic E-state index is -0.848. The van der Waals surface area contributed by atoms with Gasteiger partial charge in [0.2, 0.25) is 5.78 Å². The van der Waals surface area contributed by atoms with E-state index in [1.165, 1.54) is 81.8 Å². The number of nitrogens with one attached hydrogen (secondary N) is 1. The highest BCUT2D eigenvalue weighted by Crippen LogP contribution is 2.42. The molecule has 4 aromatic rings. The third-order valence-electron chi connectivity index (χ3n) is 9.79. The number of benzene rings is 2. The van der Waals surface area contributed by atoms with Crippen LogP contribution in [0.15, 0.2) is 79.8 Å². The van der Waals surface area contributed by atoms with Crippen LogP contribution in [0.5, 0.6) is 5.75 Å². The van der Waals surface area contributed by atoms with E-state index in [2.05, 4.69) is 55.3 Å². The van der Waals surface area contributed by atoms with E-state index in [0.29, 0.717) is 23.1 Å². The van der Waals surface area contributed by atoms with Crippen molar-refractivity contribution in [2.75, 3.05) is 26.2 Å². The van der Waals surface area contributed by atoms with Crippen molar-refractivity contribution in [3.63, 3.8) is 0 Å². The number of nitrogens with two attached hydrogens (primary N) is 1. The molecule has 6 rings (SSSR count). The Morgan fingerprint density at radius 3 is 2.25 bits per heavy atom. The van der Waals surface area contributed by atoms with Gasteiger partial charge in [0.15, 0.2) is 0 Å². The third-order valence-corrected chi connectivity index (χ3v) is 10.0. The average molecular weight is 736 g/mol. The molecule has 1 saturated carbocycles. The molecular formula is C40H58ClN7O4. The van der Waals surface area contributed by atoms with E-state index in [0.717, 1.165) is 24.2 Å². The first-order valence-electron chi connectivity index (χ1n) is 18.6. The van der Waals surface area contributed by atoms with Crippen molar-refractivity contribution in [1.29, 1.82) is 0 Å². The normalized spacial score (nSPS) is 17.8. The Hall–Kier alpha value is -3.61. The Morgan fingerprint density at radius 1 is 1.00 bits per heavy atom. The van der Waals surface area contributed by atoms with E-state index in [-0.39, 0.29) is 18.4 Å². The summed E-state index contributed by atoms with van der Waals surface area (Å²) >= 11 is 5.83. The van der Waals surface area contributed by atoms with Gasteiger partial charge >= 0.3 is 0 Å². The fraction of sp³-hybridized carbons (Fsp3) is 0.550. The van der Waals surface area contributed by atoms with Crippen LogP contribution in [0, 0.1) is 11.3 Å². The van der Waals surface area contributed by atoms with Crippen molar-refractivity contribution in [3.05, 3.63) is 96.1 Å². The second-order valence-electron chi connectivity index (χ2n) is 14.9. The van der Waals surface area contributed by atoms with Crippen LogP contribution >= 0.6 is 11.6 Å². The molecule has 0 bridgehead atoms. The maximum atomic E-state index is 12.5. The highest BCUT2D eigenvalue weighted by Gasteiger charge is 2.39. The zero-order chi connectivity index (χ0) is 37.4. The number of Topliss-reactive ketones (excluding diaryl/α,β-unsaturated/α-hetero) is 1. The first-order valence-corrected chi connectivity index (χ1v) is 19.0. The number of piperidine rings is 1. The lowest BCUT2D eigenvalue weighted by atomic mass is 9.71. The molecule has 3 unspecified atom stereocenters. The molecule has 1 aliphatic heterocycles. The van der Waals surface area contributed by atoms with Gasteiger partial charge in [0.1, 0.15) is 18.4 Å². The average Bonchev–Trinajstić information content (AvgIpc) is 3.90. The van der Waals surface area contributed by atoms with Gasteiger partial charge in [-0.05, 0) is 80.9 Å². The van der Waals surface area contributed by atoms with Gasteiger partial charge in [-0.15, -0.1) is 0 Å². The fourth-order valence-corrected chi connectivity index (χ4v) is 6.85. The predicted molar refractivity (Wildman–Crippen MR) is 205 cm³/mol. The number of halogens is 1. The van der Waals surface area contributed by atoms with E-state index in [1.807, 2.05) is 20.8 Å². The number of hydrogen-bond acceptors (Lipinski definition) is 9. The highest BCUT2D eigenvalue weighted by molar-refractivity contribution is 6.30. The zero-order valence-corrected chi connectivity index (χ0v) is 31.8. The summed E-state index contributed by atoms with van der Waals surface area (Å²) in [7, 11) is 0. The molecule has 0 amide bonds. The molecule has 3 heterocycles. The summed E-state index contributed by atoms with van der Waals surface area (Å²) in [6.07, 6.45) is 17.1. The van der Waals surface area contributed by atoms with Gasteiger partial charge in [-0.2, -0.15) is 5.10 Å². The summed E-state index contributed by atoms with van der Waals surface area (Å²) in [6, 6.07) is 17.1. The third kappa shape index (κ3) is 12.8. The number of aromatic amines is 1. The summed E-state index contributed by atoms with van der Waals surface area (Å²) < 4.78 is 7.16. The summed E-state index contributed by atoms with van der Waals surface area (Å²) in [5, 5.41) is 24.8. The van der Waals surface area contributed by atoms with Gasteiger partial charge < -0.3 is 30.6 Å². The molecule has 12 heteroatoms. The lowest BCUT2D eigenvalue weighted by molar-refractivity contribution is -0.138. The summed E-state index contributed by atoms with van der Waals surface area (Å²) in [4.78, 5) is 25.6. The molecule has 5 N–H and O–H groups in total. The number of carbonyl (C=O) groups excluding carboxylic acids is 1.